The van der Waals surface area contributed by atoms with Gasteiger partial charge in [-0.25, -0.2) is 4.98 Å². The first-order valence-electron chi connectivity index (χ1n) is 8.79. The molecule has 0 spiro atoms. The average Bonchev–Trinajstić information content (AvgIpc) is 3.03. The second-order valence-corrected chi connectivity index (χ2v) is 8.10. The summed E-state index contributed by atoms with van der Waals surface area (Å²) < 4.78 is 0. The van der Waals surface area contributed by atoms with E-state index >= 15 is 0 Å². The van der Waals surface area contributed by atoms with Crippen LogP contribution < -0.4 is 4.90 Å². The average molecular weight is 410 g/mol. The minimum absolute atomic E-state index is 0.465. The molecule has 0 amide bonds. The number of nitrogens with zero attached hydrogens (tertiary/aromatic N) is 3. The molecule has 1 aliphatic rings. The molecule has 0 saturated carbocycles. The number of halogens is 3. The number of fused-ring (bicyclic) bond motifs is 1. The van der Waals surface area contributed by atoms with Gasteiger partial charge in [0.15, 0.2) is 5.65 Å². The predicted octanol–water partition coefficient (Wildman–Crippen LogP) is 5.77. The molecule has 1 fully saturated rings. The summed E-state index contributed by atoms with van der Waals surface area (Å²) in [6, 6.07) is 9.48. The van der Waals surface area contributed by atoms with Crippen molar-refractivity contribution < 1.29 is 0 Å². The molecule has 136 valence electrons. The molecule has 26 heavy (non-hydrogen) atoms. The summed E-state index contributed by atoms with van der Waals surface area (Å²) in [4.78, 5) is 14.6. The zero-order valence-corrected chi connectivity index (χ0v) is 16.5. The molecule has 0 radical (unpaired) electrons. The van der Waals surface area contributed by atoms with Crippen molar-refractivity contribution >= 4 is 51.9 Å². The van der Waals surface area contributed by atoms with E-state index in [0.29, 0.717) is 26.8 Å². The smallest absolute Gasteiger partial charge is 0.205 e. The van der Waals surface area contributed by atoms with E-state index in [2.05, 4.69) is 19.9 Å². The SMILES string of the molecule is Clc1cc(Cl)cc(CCC2CCCN(c3nc4nc(Cl)ccc4[nH]3)C2)c1. The van der Waals surface area contributed by atoms with E-state index in [1.165, 1.54) is 12.0 Å². The molecule has 7 heteroatoms. The number of H-pyrrole nitrogens is 1. The Balaban J connectivity index is 1.43. The van der Waals surface area contributed by atoms with Gasteiger partial charge in [0.2, 0.25) is 5.95 Å². The fourth-order valence-corrected chi connectivity index (χ4v) is 4.34. The fraction of sp³-hybridized carbons (Fsp3) is 0.368. The molecule has 3 aromatic rings. The second kappa shape index (κ2) is 7.63. The first-order chi connectivity index (χ1) is 12.6. The highest BCUT2D eigenvalue weighted by Crippen LogP contribution is 2.27. The fourth-order valence-electron chi connectivity index (χ4n) is 3.63. The lowest BCUT2D eigenvalue weighted by Crippen LogP contribution is -2.36. The number of rotatable bonds is 4. The predicted molar refractivity (Wildman–Crippen MR) is 109 cm³/mol. The van der Waals surface area contributed by atoms with E-state index in [4.69, 9.17) is 34.8 Å². The topological polar surface area (TPSA) is 44.8 Å². The molecule has 1 atom stereocenters. The molecule has 0 bridgehead atoms. The number of nitrogens with one attached hydrogen (secondary N) is 1. The summed E-state index contributed by atoms with van der Waals surface area (Å²) in [5.41, 5.74) is 2.78. The maximum absolute atomic E-state index is 6.10. The van der Waals surface area contributed by atoms with Crippen LogP contribution in [-0.4, -0.2) is 28.0 Å². The van der Waals surface area contributed by atoms with Crippen LogP contribution >= 0.6 is 34.8 Å². The molecular formula is C19H19Cl3N4. The van der Waals surface area contributed by atoms with Crippen LogP contribution in [0.2, 0.25) is 15.2 Å². The molecule has 1 N–H and O–H groups in total. The van der Waals surface area contributed by atoms with Crippen molar-refractivity contribution in [2.45, 2.75) is 25.7 Å². The number of hydrogen-bond donors (Lipinski definition) is 1. The van der Waals surface area contributed by atoms with Gasteiger partial charge in [0, 0.05) is 23.1 Å². The highest BCUT2D eigenvalue weighted by atomic mass is 35.5. The van der Waals surface area contributed by atoms with E-state index in [9.17, 15) is 0 Å². The van der Waals surface area contributed by atoms with Crippen molar-refractivity contribution in [1.82, 2.24) is 15.0 Å². The van der Waals surface area contributed by atoms with Gasteiger partial charge in [-0.05, 0) is 67.5 Å². The van der Waals surface area contributed by atoms with Crippen LogP contribution in [0.1, 0.15) is 24.8 Å². The summed E-state index contributed by atoms with van der Waals surface area (Å²) >= 11 is 18.2. The number of aromatic nitrogens is 3. The first kappa shape index (κ1) is 17.9. The van der Waals surface area contributed by atoms with Gasteiger partial charge in [-0.2, -0.15) is 4.98 Å². The Bertz CT molecular complexity index is 904. The van der Waals surface area contributed by atoms with Crippen LogP contribution in [-0.2, 0) is 6.42 Å². The van der Waals surface area contributed by atoms with Gasteiger partial charge in [-0.1, -0.05) is 34.8 Å². The van der Waals surface area contributed by atoms with E-state index < -0.39 is 0 Å². The highest BCUT2D eigenvalue weighted by molar-refractivity contribution is 6.34. The molecule has 0 aliphatic carbocycles. The number of piperidine rings is 1. The summed E-state index contributed by atoms with van der Waals surface area (Å²) in [6.45, 7) is 1.99. The normalized spacial score (nSPS) is 17.8. The third kappa shape index (κ3) is 4.08. The zero-order chi connectivity index (χ0) is 18.1. The van der Waals surface area contributed by atoms with Crippen molar-refractivity contribution in [3.63, 3.8) is 0 Å². The van der Waals surface area contributed by atoms with Gasteiger partial charge < -0.3 is 9.88 Å². The Kier molecular flexibility index (Phi) is 5.25. The Hall–Kier alpha value is -1.49. The number of imidazole rings is 1. The highest BCUT2D eigenvalue weighted by Gasteiger charge is 2.22. The minimum atomic E-state index is 0.465. The number of aryl methyl sites for hydroxylation is 1. The lowest BCUT2D eigenvalue weighted by molar-refractivity contribution is 0.389. The number of aromatic amines is 1. The molecule has 1 aliphatic heterocycles. The molecule has 4 rings (SSSR count). The van der Waals surface area contributed by atoms with Crippen molar-refractivity contribution in [2.24, 2.45) is 5.92 Å². The Morgan fingerprint density at radius 3 is 2.69 bits per heavy atom. The largest absolute Gasteiger partial charge is 0.342 e. The molecule has 3 heterocycles. The van der Waals surface area contributed by atoms with Gasteiger partial charge in [-0.3, -0.25) is 0 Å². The Labute approximate surface area is 167 Å². The van der Waals surface area contributed by atoms with Crippen LogP contribution in [0.4, 0.5) is 5.95 Å². The molecule has 1 aromatic carbocycles. The molecule has 4 nitrogen and oxygen atoms in total. The standard InChI is InChI=1S/C19H19Cl3N4/c20-14-8-13(9-15(21)10-14)4-3-12-2-1-7-26(11-12)19-23-16-5-6-17(22)24-18(16)25-19/h5-6,8-10,12H,1-4,7,11H2,(H,23,24,25). The van der Waals surface area contributed by atoms with Crippen LogP contribution in [0, 0.1) is 5.92 Å². The van der Waals surface area contributed by atoms with Crippen molar-refractivity contribution in [1.29, 1.82) is 0 Å². The van der Waals surface area contributed by atoms with Gasteiger partial charge >= 0.3 is 0 Å². The third-order valence-electron chi connectivity index (χ3n) is 4.88. The van der Waals surface area contributed by atoms with Crippen LogP contribution in [0.15, 0.2) is 30.3 Å². The quantitative estimate of drug-likeness (QED) is 0.556. The number of anilines is 1. The van der Waals surface area contributed by atoms with Gasteiger partial charge in [0.25, 0.3) is 0 Å². The van der Waals surface area contributed by atoms with E-state index in [1.807, 2.05) is 18.2 Å². The van der Waals surface area contributed by atoms with Crippen LogP contribution in [0.25, 0.3) is 11.2 Å². The van der Waals surface area contributed by atoms with Crippen LogP contribution in [0.3, 0.4) is 0 Å². The van der Waals surface area contributed by atoms with E-state index in [0.717, 1.165) is 43.8 Å². The zero-order valence-electron chi connectivity index (χ0n) is 14.2. The number of hydrogen-bond acceptors (Lipinski definition) is 3. The second-order valence-electron chi connectivity index (χ2n) is 6.84. The monoisotopic (exact) mass is 408 g/mol. The number of benzene rings is 1. The van der Waals surface area contributed by atoms with Gasteiger partial charge in [0.05, 0.1) is 5.52 Å². The van der Waals surface area contributed by atoms with Crippen molar-refractivity contribution in [2.75, 3.05) is 18.0 Å². The van der Waals surface area contributed by atoms with Crippen LogP contribution in [0.5, 0.6) is 0 Å². The van der Waals surface area contributed by atoms with Gasteiger partial charge in [-0.15, -0.1) is 0 Å². The minimum Gasteiger partial charge on any atom is -0.342 e. The summed E-state index contributed by atoms with van der Waals surface area (Å²) in [7, 11) is 0. The molecule has 1 unspecified atom stereocenters. The van der Waals surface area contributed by atoms with Crippen molar-refractivity contribution in [3.05, 3.63) is 51.1 Å². The lowest BCUT2D eigenvalue weighted by atomic mass is 9.92. The Morgan fingerprint density at radius 2 is 1.88 bits per heavy atom. The van der Waals surface area contributed by atoms with E-state index in [-0.39, 0.29) is 0 Å². The summed E-state index contributed by atoms with van der Waals surface area (Å²) in [5.74, 6) is 1.50. The van der Waals surface area contributed by atoms with Gasteiger partial charge in [0.1, 0.15) is 5.15 Å². The lowest BCUT2D eigenvalue weighted by Gasteiger charge is -2.32. The molecule has 1 saturated heterocycles. The van der Waals surface area contributed by atoms with E-state index in [1.54, 1.807) is 12.1 Å². The molecule has 2 aromatic heterocycles. The summed E-state index contributed by atoms with van der Waals surface area (Å²) in [6.07, 6.45) is 4.48. The number of pyridine rings is 1. The third-order valence-corrected chi connectivity index (χ3v) is 5.53. The first-order valence-corrected chi connectivity index (χ1v) is 9.92. The summed E-state index contributed by atoms with van der Waals surface area (Å²) in [5, 5.41) is 1.87. The molecular weight excluding hydrogens is 391 g/mol. The maximum atomic E-state index is 6.10. The van der Waals surface area contributed by atoms with Crippen molar-refractivity contribution in [3.8, 4) is 0 Å². The Morgan fingerprint density at radius 1 is 1.08 bits per heavy atom. The maximum Gasteiger partial charge on any atom is 0.205 e.